The van der Waals surface area contributed by atoms with E-state index in [4.69, 9.17) is 10.7 Å². The summed E-state index contributed by atoms with van der Waals surface area (Å²) in [6.07, 6.45) is 3.63. The lowest BCUT2D eigenvalue weighted by molar-refractivity contribution is 0.279. The van der Waals surface area contributed by atoms with E-state index in [0.717, 1.165) is 16.9 Å². The number of imidazole rings is 1. The zero-order chi connectivity index (χ0) is 14.4. The van der Waals surface area contributed by atoms with E-state index in [-0.39, 0.29) is 11.0 Å². The molecule has 2 aromatic heterocycles. The van der Waals surface area contributed by atoms with Crippen molar-refractivity contribution in [2.45, 2.75) is 58.5 Å². The average Bonchev–Trinajstić information content (AvgIpc) is 2.66. The van der Waals surface area contributed by atoms with Gasteiger partial charge in [0.2, 0.25) is 0 Å². The molecule has 0 bridgehead atoms. The fourth-order valence-electron chi connectivity index (χ4n) is 2.20. The summed E-state index contributed by atoms with van der Waals surface area (Å²) >= 11 is 0. The zero-order valence-electron chi connectivity index (χ0n) is 12.7. The molecule has 19 heavy (non-hydrogen) atoms. The highest BCUT2D eigenvalue weighted by atomic mass is 15.1. The van der Waals surface area contributed by atoms with Crippen LogP contribution >= 0.6 is 0 Å². The first-order chi connectivity index (χ1) is 8.66. The largest absolute Gasteiger partial charge is 0.325 e. The average molecular weight is 260 g/mol. The molecule has 0 saturated carbocycles. The SMILES string of the molecule is CC(C)n1c(C(C)(C)C(C)(C)N)nc2cnccc21. The van der Waals surface area contributed by atoms with E-state index in [9.17, 15) is 0 Å². The van der Waals surface area contributed by atoms with Crippen molar-refractivity contribution in [3.63, 3.8) is 0 Å². The third kappa shape index (κ3) is 2.14. The van der Waals surface area contributed by atoms with Gasteiger partial charge in [-0.25, -0.2) is 4.98 Å². The normalized spacial score (nSPS) is 13.5. The lowest BCUT2D eigenvalue weighted by Gasteiger charge is -2.38. The van der Waals surface area contributed by atoms with Crippen molar-refractivity contribution in [2.75, 3.05) is 0 Å². The Balaban J connectivity index is 2.77. The molecule has 0 spiro atoms. The molecule has 0 saturated heterocycles. The lowest BCUT2D eigenvalue weighted by Crippen LogP contribution is -2.51. The minimum Gasteiger partial charge on any atom is -0.325 e. The molecule has 0 radical (unpaired) electrons. The fourth-order valence-corrected chi connectivity index (χ4v) is 2.20. The van der Waals surface area contributed by atoms with Crippen LogP contribution in [0.15, 0.2) is 18.5 Å². The Kier molecular flexibility index (Phi) is 3.17. The number of hydrogen-bond acceptors (Lipinski definition) is 3. The van der Waals surface area contributed by atoms with Gasteiger partial charge in [0, 0.05) is 23.2 Å². The van der Waals surface area contributed by atoms with Crippen LogP contribution in [0.4, 0.5) is 0 Å². The predicted molar refractivity (Wildman–Crippen MR) is 79.2 cm³/mol. The van der Waals surface area contributed by atoms with Gasteiger partial charge in [-0.15, -0.1) is 0 Å². The third-order valence-corrected chi connectivity index (χ3v) is 4.18. The summed E-state index contributed by atoms with van der Waals surface area (Å²) in [6, 6.07) is 2.36. The molecular formula is C15H24N4. The minimum atomic E-state index is -0.353. The summed E-state index contributed by atoms with van der Waals surface area (Å²) < 4.78 is 2.27. The Morgan fingerprint density at radius 2 is 1.84 bits per heavy atom. The minimum absolute atomic E-state index is 0.226. The molecule has 2 N–H and O–H groups in total. The second-order valence-corrected chi connectivity index (χ2v) is 6.61. The molecule has 2 rings (SSSR count). The smallest absolute Gasteiger partial charge is 0.117 e. The second-order valence-electron chi connectivity index (χ2n) is 6.61. The zero-order valence-corrected chi connectivity index (χ0v) is 12.7. The van der Waals surface area contributed by atoms with Gasteiger partial charge in [0.15, 0.2) is 0 Å². The van der Waals surface area contributed by atoms with Gasteiger partial charge >= 0.3 is 0 Å². The number of hydrogen-bond donors (Lipinski definition) is 1. The highest BCUT2D eigenvalue weighted by molar-refractivity contribution is 5.75. The highest BCUT2D eigenvalue weighted by Crippen LogP contribution is 2.35. The van der Waals surface area contributed by atoms with Gasteiger partial charge in [-0.05, 0) is 33.8 Å². The van der Waals surface area contributed by atoms with E-state index < -0.39 is 0 Å². The topological polar surface area (TPSA) is 56.7 Å². The van der Waals surface area contributed by atoms with Crippen molar-refractivity contribution in [1.29, 1.82) is 0 Å². The number of pyridine rings is 1. The number of nitrogens with zero attached hydrogens (tertiary/aromatic N) is 3. The van der Waals surface area contributed by atoms with Crippen LogP contribution in [0.2, 0.25) is 0 Å². The van der Waals surface area contributed by atoms with Gasteiger partial charge in [-0.1, -0.05) is 13.8 Å². The lowest BCUT2D eigenvalue weighted by atomic mass is 9.74. The van der Waals surface area contributed by atoms with Gasteiger partial charge < -0.3 is 10.3 Å². The van der Waals surface area contributed by atoms with E-state index in [1.54, 1.807) is 0 Å². The molecule has 2 aromatic rings. The van der Waals surface area contributed by atoms with Crippen molar-refractivity contribution < 1.29 is 0 Å². The molecule has 0 aromatic carbocycles. The maximum atomic E-state index is 6.37. The molecular weight excluding hydrogens is 236 g/mol. The van der Waals surface area contributed by atoms with Gasteiger partial charge in [0.05, 0.1) is 11.7 Å². The standard InChI is InChI=1S/C15H24N4/c1-10(2)19-12-7-8-17-9-11(12)18-13(19)14(3,4)15(5,6)16/h7-10H,16H2,1-6H3. The first-order valence-electron chi connectivity index (χ1n) is 6.77. The van der Waals surface area contributed by atoms with E-state index in [2.05, 4.69) is 51.1 Å². The van der Waals surface area contributed by atoms with Crippen LogP contribution in [0.5, 0.6) is 0 Å². The number of fused-ring (bicyclic) bond motifs is 1. The van der Waals surface area contributed by atoms with Crippen molar-refractivity contribution in [2.24, 2.45) is 5.73 Å². The van der Waals surface area contributed by atoms with Crippen LogP contribution in [0.25, 0.3) is 11.0 Å². The Labute approximate surface area is 115 Å². The fraction of sp³-hybridized carbons (Fsp3) is 0.600. The first-order valence-corrected chi connectivity index (χ1v) is 6.77. The molecule has 0 fully saturated rings. The molecule has 2 heterocycles. The Hall–Kier alpha value is -1.42. The number of rotatable bonds is 3. The molecule has 104 valence electrons. The molecule has 0 aliphatic carbocycles. The molecule has 0 aliphatic rings. The maximum absolute atomic E-state index is 6.37. The Morgan fingerprint density at radius 1 is 1.21 bits per heavy atom. The summed E-state index contributed by atoms with van der Waals surface area (Å²) in [4.78, 5) is 8.96. The Morgan fingerprint density at radius 3 is 2.37 bits per heavy atom. The van der Waals surface area contributed by atoms with Gasteiger partial charge in [-0.3, -0.25) is 4.98 Å². The van der Waals surface area contributed by atoms with Crippen LogP contribution in [-0.4, -0.2) is 20.1 Å². The quantitative estimate of drug-likeness (QED) is 0.923. The van der Waals surface area contributed by atoms with Gasteiger partial charge in [0.25, 0.3) is 0 Å². The third-order valence-electron chi connectivity index (χ3n) is 4.18. The number of nitrogens with two attached hydrogens (primary N) is 1. The van der Waals surface area contributed by atoms with Gasteiger partial charge in [-0.2, -0.15) is 0 Å². The van der Waals surface area contributed by atoms with Gasteiger partial charge in [0.1, 0.15) is 11.3 Å². The summed E-state index contributed by atoms with van der Waals surface area (Å²) in [7, 11) is 0. The maximum Gasteiger partial charge on any atom is 0.117 e. The molecule has 0 amide bonds. The summed E-state index contributed by atoms with van der Waals surface area (Å²) in [6.45, 7) is 12.8. The first kappa shape index (κ1) is 14.0. The van der Waals surface area contributed by atoms with Crippen LogP contribution in [0, 0.1) is 0 Å². The van der Waals surface area contributed by atoms with Crippen molar-refractivity contribution >= 4 is 11.0 Å². The van der Waals surface area contributed by atoms with E-state index >= 15 is 0 Å². The van der Waals surface area contributed by atoms with Crippen LogP contribution in [0.1, 0.15) is 53.4 Å². The summed E-state index contributed by atoms with van der Waals surface area (Å²) in [5, 5.41) is 0. The molecule has 4 heteroatoms. The van der Waals surface area contributed by atoms with Crippen molar-refractivity contribution in [1.82, 2.24) is 14.5 Å². The monoisotopic (exact) mass is 260 g/mol. The predicted octanol–water partition coefficient (Wildman–Crippen LogP) is 3.03. The molecule has 4 nitrogen and oxygen atoms in total. The second kappa shape index (κ2) is 4.30. The summed E-state index contributed by atoms with van der Waals surface area (Å²) in [5.74, 6) is 1.03. The van der Waals surface area contributed by atoms with Crippen LogP contribution < -0.4 is 5.73 Å². The molecule has 0 aliphatic heterocycles. The van der Waals surface area contributed by atoms with Crippen LogP contribution in [-0.2, 0) is 5.41 Å². The van der Waals surface area contributed by atoms with Crippen LogP contribution in [0.3, 0.4) is 0 Å². The van der Waals surface area contributed by atoms with E-state index in [1.165, 1.54) is 0 Å². The number of aromatic nitrogens is 3. The highest BCUT2D eigenvalue weighted by Gasteiger charge is 2.39. The van der Waals surface area contributed by atoms with E-state index in [0.29, 0.717) is 6.04 Å². The molecule has 0 atom stereocenters. The van der Waals surface area contributed by atoms with Crippen molar-refractivity contribution in [3.05, 3.63) is 24.3 Å². The van der Waals surface area contributed by atoms with Crippen molar-refractivity contribution in [3.8, 4) is 0 Å². The molecule has 0 unspecified atom stereocenters. The van der Waals surface area contributed by atoms with E-state index in [1.807, 2.05) is 18.5 Å². The Bertz CT molecular complexity index is 588. The summed E-state index contributed by atoms with van der Waals surface area (Å²) in [5.41, 5.74) is 7.84.